The topological polar surface area (TPSA) is 75.7 Å². The van der Waals surface area contributed by atoms with Crippen molar-refractivity contribution in [2.24, 2.45) is 0 Å². The van der Waals surface area contributed by atoms with Gasteiger partial charge in [0.25, 0.3) is 0 Å². The first-order chi connectivity index (χ1) is 13.7. The molecular weight excluding hydrogens is 388 g/mol. The van der Waals surface area contributed by atoms with Crippen LogP contribution in [0.5, 0.6) is 5.75 Å². The van der Waals surface area contributed by atoms with Gasteiger partial charge in [-0.3, -0.25) is 9.10 Å². The third-order valence-corrected chi connectivity index (χ3v) is 6.13. The van der Waals surface area contributed by atoms with Crippen molar-refractivity contribution in [2.45, 2.75) is 39.7 Å². The molecule has 0 aliphatic rings. The number of sulfonamides is 1. The van der Waals surface area contributed by atoms with Gasteiger partial charge in [-0.1, -0.05) is 25.1 Å². The van der Waals surface area contributed by atoms with Gasteiger partial charge in [-0.15, -0.1) is 0 Å². The molecule has 0 aliphatic heterocycles. The van der Waals surface area contributed by atoms with Crippen LogP contribution in [0.3, 0.4) is 0 Å². The van der Waals surface area contributed by atoms with E-state index in [-0.39, 0.29) is 5.91 Å². The van der Waals surface area contributed by atoms with Gasteiger partial charge in [0.15, 0.2) is 0 Å². The average Bonchev–Trinajstić information content (AvgIpc) is 2.67. The van der Waals surface area contributed by atoms with Gasteiger partial charge in [0, 0.05) is 6.54 Å². The minimum atomic E-state index is -3.63. The van der Waals surface area contributed by atoms with E-state index in [2.05, 4.69) is 5.32 Å². The van der Waals surface area contributed by atoms with Crippen LogP contribution in [-0.2, 0) is 21.2 Å². The van der Waals surface area contributed by atoms with Crippen molar-refractivity contribution in [3.8, 4) is 5.75 Å². The number of carbonyl (C=O) groups excluding carboxylic acids is 1. The molecule has 0 spiro atoms. The van der Waals surface area contributed by atoms with E-state index in [4.69, 9.17) is 4.74 Å². The quantitative estimate of drug-likeness (QED) is 0.678. The highest BCUT2D eigenvalue weighted by Gasteiger charge is 2.31. The molecule has 1 atom stereocenters. The molecule has 6 nitrogen and oxygen atoms in total. The number of rotatable bonds is 9. The molecule has 0 fully saturated rings. The van der Waals surface area contributed by atoms with E-state index in [0.717, 1.165) is 28.7 Å². The molecule has 0 heterocycles. The van der Waals surface area contributed by atoms with Crippen LogP contribution >= 0.6 is 0 Å². The normalized spacial score (nSPS) is 12.3. The number of nitrogens with one attached hydrogen (secondary N) is 1. The van der Waals surface area contributed by atoms with Crippen molar-refractivity contribution in [1.82, 2.24) is 5.32 Å². The highest BCUT2D eigenvalue weighted by atomic mass is 32.2. The molecule has 0 saturated carbocycles. The fourth-order valence-corrected chi connectivity index (χ4v) is 4.37. The van der Waals surface area contributed by atoms with Crippen molar-refractivity contribution in [1.29, 1.82) is 0 Å². The van der Waals surface area contributed by atoms with Crippen LogP contribution in [0.1, 0.15) is 30.0 Å². The third-order valence-electron chi connectivity index (χ3n) is 4.95. The number of hydrogen-bond donors (Lipinski definition) is 1. The van der Waals surface area contributed by atoms with E-state index in [9.17, 15) is 13.2 Å². The summed E-state index contributed by atoms with van der Waals surface area (Å²) in [6.07, 6.45) is 2.15. The molecule has 0 unspecified atom stereocenters. The van der Waals surface area contributed by atoms with Crippen LogP contribution in [0.25, 0.3) is 0 Å². The van der Waals surface area contributed by atoms with Gasteiger partial charge in [0.1, 0.15) is 11.8 Å². The molecule has 158 valence electrons. The van der Waals surface area contributed by atoms with Crippen LogP contribution in [0.2, 0.25) is 0 Å². The maximum atomic E-state index is 12.8. The predicted octanol–water partition coefficient (Wildman–Crippen LogP) is 3.22. The number of ether oxygens (including phenoxy) is 1. The summed E-state index contributed by atoms with van der Waals surface area (Å²) in [5.74, 6) is 0.477. The van der Waals surface area contributed by atoms with Gasteiger partial charge < -0.3 is 10.1 Å². The van der Waals surface area contributed by atoms with Crippen LogP contribution in [0, 0.1) is 13.8 Å². The zero-order valence-electron chi connectivity index (χ0n) is 17.7. The molecule has 1 amide bonds. The van der Waals surface area contributed by atoms with Gasteiger partial charge >= 0.3 is 0 Å². The predicted molar refractivity (Wildman–Crippen MR) is 117 cm³/mol. The molecule has 1 N–H and O–H groups in total. The number of methoxy groups -OCH3 is 1. The van der Waals surface area contributed by atoms with Crippen molar-refractivity contribution in [2.75, 3.05) is 24.2 Å². The molecule has 2 rings (SSSR count). The SMILES string of the molecule is CC[C@H](C(=O)NCCc1ccc(OC)cc1)N(c1ccc(C)c(C)c1)S(C)(=O)=O. The highest BCUT2D eigenvalue weighted by molar-refractivity contribution is 7.92. The fraction of sp³-hybridized carbons (Fsp3) is 0.409. The second-order valence-electron chi connectivity index (χ2n) is 7.14. The van der Waals surface area contributed by atoms with E-state index in [1.807, 2.05) is 57.2 Å². The first-order valence-electron chi connectivity index (χ1n) is 9.64. The summed E-state index contributed by atoms with van der Waals surface area (Å²) in [6, 6.07) is 12.3. The lowest BCUT2D eigenvalue weighted by molar-refractivity contribution is -0.122. The summed E-state index contributed by atoms with van der Waals surface area (Å²) >= 11 is 0. The van der Waals surface area contributed by atoms with Crippen molar-refractivity contribution in [3.05, 3.63) is 59.2 Å². The highest BCUT2D eigenvalue weighted by Crippen LogP contribution is 2.25. The maximum absolute atomic E-state index is 12.8. The first kappa shape index (κ1) is 22.7. The standard InChI is InChI=1S/C22H30N2O4S/c1-6-21(22(25)23-14-13-18-8-11-20(28-4)12-9-18)24(29(5,26)27)19-10-7-16(2)17(3)15-19/h7-12,15,21H,6,13-14H2,1-5H3,(H,23,25)/t21-/m1/s1. The Morgan fingerprint density at radius 3 is 2.28 bits per heavy atom. The number of anilines is 1. The molecule has 7 heteroatoms. The number of hydrogen-bond acceptors (Lipinski definition) is 4. The Morgan fingerprint density at radius 1 is 1.10 bits per heavy atom. The fourth-order valence-electron chi connectivity index (χ4n) is 3.16. The summed E-state index contributed by atoms with van der Waals surface area (Å²) in [6.45, 7) is 6.13. The molecule has 0 bridgehead atoms. The molecule has 0 aromatic heterocycles. The van der Waals surface area contributed by atoms with Crippen LogP contribution in [0.4, 0.5) is 5.69 Å². The molecule has 2 aromatic rings. The number of carbonyl (C=O) groups is 1. The second kappa shape index (κ2) is 9.78. The average molecular weight is 419 g/mol. The molecule has 2 aromatic carbocycles. The van der Waals surface area contributed by atoms with E-state index in [0.29, 0.717) is 25.1 Å². The zero-order valence-corrected chi connectivity index (χ0v) is 18.5. The van der Waals surface area contributed by atoms with Crippen LogP contribution in [0.15, 0.2) is 42.5 Å². The van der Waals surface area contributed by atoms with E-state index >= 15 is 0 Å². The van der Waals surface area contributed by atoms with Crippen LogP contribution in [-0.4, -0.2) is 40.3 Å². The lowest BCUT2D eigenvalue weighted by Crippen LogP contribution is -2.49. The van der Waals surface area contributed by atoms with Gasteiger partial charge in [0.2, 0.25) is 15.9 Å². The Bertz CT molecular complexity index is 940. The lowest BCUT2D eigenvalue weighted by atomic mass is 10.1. The van der Waals surface area contributed by atoms with Crippen LogP contribution < -0.4 is 14.4 Å². The van der Waals surface area contributed by atoms with Gasteiger partial charge in [-0.05, 0) is 67.6 Å². The Kier molecular flexibility index (Phi) is 7.67. The molecule has 0 radical (unpaired) electrons. The summed E-state index contributed by atoms with van der Waals surface area (Å²) < 4.78 is 31.4. The third kappa shape index (κ3) is 5.97. The minimum absolute atomic E-state index is 0.301. The minimum Gasteiger partial charge on any atom is -0.497 e. The number of aryl methyl sites for hydroxylation is 2. The summed E-state index contributed by atoms with van der Waals surface area (Å²) in [5, 5.41) is 2.88. The second-order valence-corrected chi connectivity index (χ2v) is 9.00. The smallest absolute Gasteiger partial charge is 0.243 e. The Hall–Kier alpha value is -2.54. The number of amides is 1. The maximum Gasteiger partial charge on any atom is 0.243 e. The summed E-state index contributed by atoms with van der Waals surface area (Å²) in [5.41, 5.74) is 3.62. The summed E-state index contributed by atoms with van der Waals surface area (Å²) in [7, 11) is -2.02. The Labute approximate surface area is 173 Å². The van der Waals surface area contributed by atoms with Gasteiger partial charge in [0.05, 0.1) is 19.1 Å². The van der Waals surface area contributed by atoms with E-state index < -0.39 is 16.1 Å². The number of nitrogens with zero attached hydrogens (tertiary/aromatic N) is 1. The van der Waals surface area contributed by atoms with Crippen molar-refractivity contribution < 1.29 is 17.9 Å². The zero-order chi connectivity index (χ0) is 21.6. The largest absolute Gasteiger partial charge is 0.497 e. The van der Waals surface area contributed by atoms with E-state index in [1.54, 1.807) is 13.2 Å². The van der Waals surface area contributed by atoms with Crippen molar-refractivity contribution >= 4 is 21.6 Å². The monoisotopic (exact) mass is 418 g/mol. The van der Waals surface area contributed by atoms with Gasteiger partial charge in [-0.2, -0.15) is 0 Å². The first-order valence-corrected chi connectivity index (χ1v) is 11.5. The van der Waals surface area contributed by atoms with E-state index in [1.165, 1.54) is 4.31 Å². The molecule has 29 heavy (non-hydrogen) atoms. The Balaban J connectivity index is 2.14. The van der Waals surface area contributed by atoms with Gasteiger partial charge in [-0.25, -0.2) is 8.42 Å². The molecular formula is C22H30N2O4S. The Morgan fingerprint density at radius 2 is 1.76 bits per heavy atom. The lowest BCUT2D eigenvalue weighted by Gasteiger charge is -2.30. The summed E-state index contributed by atoms with van der Waals surface area (Å²) in [4.78, 5) is 12.8. The molecule has 0 aliphatic carbocycles. The molecule has 0 saturated heterocycles. The number of benzene rings is 2. The van der Waals surface area contributed by atoms with Crippen molar-refractivity contribution in [3.63, 3.8) is 0 Å².